The molecule has 2 aromatic rings. The van der Waals surface area contributed by atoms with E-state index in [9.17, 15) is 57.9 Å². The number of hydrogen-bond donors (Lipinski definition) is 10. The molecular weight excluding hydrogens is 795 g/mol. The highest BCUT2D eigenvalue weighted by molar-refractivity contribution is 7.80. The van der Waals surface area contributed by atoms with Crippen molar-refractivity contribution in [2.75, 3.05) is 37.8 Å². The van der Waals surface area contributed by atoms with Crippen LogP contribution in [0.15, 0.2) is 18.5 Å². The van der Waals surface area contributed by atoms with Gasteiger partial charge < -0.3 is 50.9 Å². The highest BCUT2D eigenvalue weighted by atomic mass is 32.1. The highest BCUT2D eigenvalue weighted by Gasteiger charge is 2.50. The van der Waals surface area contributed by atoms with E-state index in [1.165, 1.54) is 19.9 Å². The number of fused-ring (bicyclic) bond motifs is 1. The average molecular weight is 836 g/mol. The number of amides is 2. The number of imidazole rings is 1. The largest absolute Gasteiger partial charge is 0.481 e. The van der Waals surface area contributed by atoms with E-state index in [0.717, 1.165) is 17.0 Å². The maximum absolute atomic E-state index is 12.7. The van der Waals surface area contributed by atoms with E-state index in [2.05, 4.69) is 47.0 Å². The Morgan fingerprint density at radius 2 is 1.77 bits per heavy atom. The molecule has 1 aliphatic heterocycles. The lowest BCUT2D eigenvalue weighted by Gasteiger charge is -2.30. The Hall–Kier alpha value is -2.70. The summed E-state index contributed by atoms with van der Waals surface area (Å²) in [5.74, 6) is -2.21. The number of thiol groups is 1. The lowest BCUT2D eigenvalue weighted by molar-refractivity contribution is -0.137. The Morgan fingerprint density at radius 1 is 1.11 bits per heavy atom. The number of nitrogens with zero attached hydrogens (tertiary/aromatic N) is 4. The molecule has 10 N–H and O–H groups in total. The molecular formula is C25H40N7O17P3S. The fraction of sp³-hybridized carbons (Fsp3) is 0.600. The van der Waals surface area contributed by atoms with Gasteiger partial charge in [0, 0.05) is 30.7 Å². The molecule has 28 heteroatoms. The molecule has 2 amide bonds. The number of aromatic nitrogens is 4. The molecule has 3 heterocycles. The summed E-state index contributed by atoms with van der Waals surface area (Å²) in [6.45, 7) is 2.15. The van der Waals surface area contributed by atoms with Crippen LogP contribution in [-0.2, 0) is 45.9 Å². The van der Waals surface area contributed by atoms with Crippen LogP contribution in [0.1, 0.15) is 44.0 Å². The molecule has 1 saturated heterocycles. The third-order valence-electron chi connectivity index (χ3n) is 7.11. The Bertz CT molecular complexity index is 1820. The molecule has 0 saturated carbocycles. The summed E-state index contributed by atoms with van der Waals surface area (Å²) < 4.78 is 62.1. The zero-order valence-corrected chi connectivity index (χ0v) is 31.8. The van der Waals surface area contributed by atoms with Crippen LogP contribution in [-0.4, -0.2) is 123 Å². The van der Waals surface area contributed by atoms with Gasteiger partial charge in [-0.1, -0.05) is 19.9 Å². The van der Waals surface area contributed by atoms with Crippen molar-refractivity contribution in [1.82, 2.24) is 30.2 Å². The first kappa shape index (κ1) is 44.7. The van der Waals surface area contributed by atoms with Crippen LogP contribution < -0.4 is 16.4 Å². The molecule has 0 spiro atoms. The van der Waals surface area contributed by atoms with Gasteiger partial charge in [0.15, 0.2) is 17.7 Å². The number of nitrogen functional groups attached to an aromatic ring is 1. The maximum Gasteiger partial charge on any atom is 0.481 e. The van der Waals surface area contributed by atoms with Gasteiger partial charge >= 0.3 is 23.5 Å². The fourth-order valence-electron chi connectivity index (χ4n) is 4.54. The summed E-state index contributed by atoms with van der Waals surface area (Å²) in [4.78, 5) is 87.7. The molecule has 2 aromatic heterocycles. The average Bonchev–Trinajstić information content (AvgIpc) is 3.61. The van der Waals surface area contributed by atoms with Crippen molar-refractivity contribution in [3.05, 3.63) is 24.3 Å². The number of anilines is 1. The molecule has 24 nitrogen and oxygen atoms in total. The number of phosphoric acid groups is 3. The van der Waals surface area contributed by atoms with Crippen LogP contribution >= 0.6 is 36.1 Å². The van der Waals surface area contributed by atoms with Gasteiger partial charge in [-0.15, -0.1) is 0 Å². The number of carbonyl (C=O) groups is 3. The number of hydrogen-bond acceptors (Lipinski definition) is 18. The van der Waals surface area contributed by atoms with Crippen LogP contribution in [0, 0.1) is 5.41 Å². The van der Waals surface area contributed by atoms with E-state index in [1.807, 2.05) is 0 Å². The number of phosphoric ester groups is 3. The van der Waals surface area contributed by atoms with E-state index < -0.39 is 84.4 Å². The number of aliphatic hydroxyl groups excluding tert-OH is 2. The number of nitrogens with two attached hydrogens (primary N) is 1. The smallest absolute Gasteiger partial charge is 0.386 e. The maximum atomic E-state index is 12.7. The summed E-state index contributed by atoms with van der Waals surface area (Å²) in [7, 11) is -16.5. The second-order valence-electron chi connectivity index (χ2n) is 11.8. The molecule has 1 aliphatic rings. The summed E-state index contributed by atoms with van der Waals surface area (Å²) in [6.07, 6.45) is -5.80. The third kappa shape index (κ3) is 12.7. The van der Waals surface area contributed by atoms with Crippen molar-refractivity contribution in [1.29, 1.82) is 0 Å². The number of rotatable bonds is 20. The van der Waals surface area contributed by atoms with Gasteiger partial charge in [0.1, 0.15) is 29.9 Å². The molecule has 53 heavy (non-hydrogen) atoms. The topological polar surface area (TPSA) is 364 Å². The minimum atomic E-state index is -5.61. The summed E-state index contributed by atoms with van der Waals surface area (Å²) in [6, 6.07) is 0. The first-order valence-electron chi connectivity index (χ1n) is 15.2. The minimum Gasteiger partial charge on any atom is -0.386 e. The fourth-order valence-corrected chi connectivity index (χ4v) is 7.48. The molecule has 3 rings (SSSR count). The first-order valence-corrected chi connectivity index (χ1v) is 20.4. The van der Waals surface area contributed by atoms with Gasteiger partial charge in [-0.05, 0) is 13.0 Å². The summed E-state index contributed by atoms with van der Waals surface area (Å²) in [5.41, 5.74) is 4.08. The lowest BCUT2D eigenvalue weighted by atomic mass is 9.87. The van der Waals surface area contributed by atoms with Crippen LogP contribution in [0.2, 0.25) is 0 Å². The SMILES string of the molecule is C/C=C/C(=O)c1nc(N)c2ncn([C@@H]3O[C@H](COP(=O)(O)OP(=O)(O)OCC(C)(C)C(O)C(=O)NCCC(=O)NCCS)[C@@H](OP(=O)(O)O)[C@H]3O)c2n1. The highest BCUT2D eigenvalue weighted by Crippen LogP contribution is 2.61. The van der Waals surface area contributed by atoms with Crippen LogP contribution in [0.4, 0.5) is 5.82 Å². The third-order valence-corrected chi connectivity index (χ3v) is 10.4. The van der Waals surface area contributed by atoms with Crippen LogP contribution in [0.3, 0.4) is 0 Å². The molecule has 0 aromatic carbocycles. The number of nitrogens with one attached hydrogen (secondary N) is 2. The Morgan fingerprint density at radius 3 is 2.40 bits per heavy atom. The Labute approximate surface area is 306 Å². The van der Waals surface area contributed by atoms with Crippen molar-refractivity contribution in [3.63, 3.8) is 0 Å². The lowest BCUT2D eigenvalue weighted by Crippen LogP contribution is -2.46. The molecule has 0 aliphatic carbocycles. The summed E-state index contributed by atoms with van der Waals surface area (Å²) >= 11 is 3.95. The first-order chi connectivity index (χ1) is 24.5. The van der Waals surface area contributed by atoms with Crippen LogP contribution in [0.5, 0.6) is 0 Å². The zero-order chi connectivity index (χ0) is 39.9. The summed E-state index contributed by atoms with van der Waals surface area (Å²) in [5, 5.41) is 26.3. The van der Waals surface area contributed by atoms with Crippen molar-refractivity contribution < 1.29 is 80.5 Å². The molecule has 0 radical (unpaired) electrons. The molecule has 1 fully saturated rings. The van der Waals surface area contributed by atoms with E-state index in [0.29, 0.717) is 12.3 Å². The van der Waals surface area contributed by atoms with Gasteiger partial charge in [0.2, 0.25) is 23.4 Å². The zero-order valence-electron chi connectivity index (χ0n) is 28.2. The van der Waals surface area contributed by atoms with Crippen molar-refractivity contribution in [2.24, 2.45) is 5.41 Å². The number of ether oxygens (including phenoxy) is 1. The molecule has 298 valence electrons. The van der Waals surface area contributed by atoms with E-state index >= 15 is 0 Å². The normalized spacial score (nSPS) is 22.4. The quantitative estimate of drug-likeness (QED) is 0.0334. The predicted molar refractivity (Wildman–Crippen MR) is 183 cm³/mol. The van der Waals surface area contributed by atoms with Gasteiger partial charge in [-0.3, -0.25) is 32.5 Å². The molecule has 7 atom stereocenters. The second kappa shape index (κ2) is 18.3. The minimum absolute atomic E-state index is 0.0576. The Kier molecular flexibility index (Phi) is 15.4. The number of aliphatic hydroxyl groups is 2. The Balaban J connectivity index is 1.69. The molecule has 0 bridgehead atoms. The van der Waals surface area contributed by atoms with E-state index in [1.54, 1.807) is 6.92 Å². The van der Waals surface area contributed by atoms with E-state index in [4.69, 9.17) is 19.5 Å². The van der Waals surface area contributed by atoms with Crippen molar-refractivity contribution in [2.45, 2.75) is 57.8 Å². The number of allylic oxidation sites excluding steroid dienone is 2. The van der Waals surface area contributed by atoms with Crippen LogP contribution in [0.25, 0.3) is 11.2 Å². The van der Waals surface area contributed by atoms with Gasteiger partial charge in [0.05, 0.1) is 19.5 Å². The van der Waals surface area contributed by atoms with E-state index in [-0.39, 0.29) is 41.7 Å². The van der Waals surface area contributed by atoms with Crippen molar-refractivity contribution in [3.8, 4) is 0 Å². The number of ketones is 1. The van der Waals surface area contributed by atoms with Gasteiger partial charge in [-0.2, -0.15) is 16.9 Å². The standard InChI is InChI=1S/C25H40N7O17P3S/c1-4-5-13(33)21-30-20(26)16-22(31-21)32(12-29-16)24-17(35)18(48-50(38,39)40)14(47-24)10-45-51(41,42)49-52(43,44)46-11-25(2,3)19(36)23(37)28-7-6-15(34)27-8-9-53/h4-5,12,14,17-19,24,35-36,53H,6-11H2,1-3H3,(H,27,34)(H,28,37)(H,41,42)(H,43,44)(H2,26,30,31)(H2,38,39,40)/b5-4+/t14-,17-,18-,19?,24-/m1/s1. The molecule has 3 unspecified atom stereocenters. The van der Waals surface area contributed by atoms with Gasteiger partial charge in [-0.25, -0.2) is 28.6 Å². The second-order valence-corrected chi connectivity index (χ2v) is 16.5. The monoisotopic (exact) mass is 835 g/mol. The van der Waals surface area contributed by atoms with Crippen molar-refractivity contribution >= 4 is 70.7 Å². The predicted octanol–water partition coefficient (Wildman–Crippen LogP) is -0.906. The van der Waals surface area contributed by atoms with Gasteiger partial charge in [0.25, 0.3) is 0 Å². The number of carbonyl (C=O) groups excluding carboxylic acids is 3.